The fraction of sp³-hybridized carbons (Fsp3) is 0.0667. The Kier molecular flexibility index (Phi) is 4.58. The highest BCUT2D eigenvalue weighted by Crippen LogP contribution is 2.22. The lowest BCUT2D eigenvalue weighted by Gasteiger charge is -2.09. The van der Waals surface area contributed by atoms with Gasteiger partial charge in [0.2, 0.25) is 0 Å². The van der Waals surface area contributed by atoms with Crippen LogP contribution in [0.2, 0.25) is 0 Å². The van der Waals surface area contributed by atoms with Crippen molar-refractivity contribution in [1.29, 1.82) is 5.26 Å². The molecular weight excluding hydrogens is 384 g/mol. The van der Waals surface area contributed by atoms with Gasteiger partial charge in [-0.3, -0.25) is 4.79 Å². The number of hydrogen-bond acceptors (Lipinski definition) is 2. The van der Waals surface area contributed by atoms with Crippen LogP contribution in [-0.4, -0.2) is 5.91 Å². The molecule has 100 valence electrons. The van der Waals surface area contributed by atoms with E-state index in [1.54, 1.807) is 24.3 Å². The second-order valence-electron chi connectivity index (χ2n) is 4.22. The average Bonchev–Trinajstić information content (AvgIpc) is 2.40. The summed E-state index contributed by atoms with van der Waals surface area (Å²) >= 11 is 6.66. The number of rotatable bonds is 2. The molecule has 0 heterocycles. The van der Waals surface area contributed by atoms with E-state index in [1.165, 1.54) is 0 Å². The van der Waals surface area contributed by atoms with Gasteiger partial charge in [-0.25, -0.2) is 0 Å². The molecule has 0 bridgehead atoms. The van der Waals surface area contributed by atoms with E-state index >= 15 is 0 Å². The van der Waals surface area contributed by atoms with Crippen molar-refractivity contribution in [3.63, 3.8) is 0 Å². The van der Waals surface area contributed by atoms with E-state index in [2.05, 4.69) is 43.2 Å². The van der Waals surface area contributed by atoms with Crippen LogP contribution in [0.4, 0.5) is 5.69 Å². The molecule has 20 heavy (non-hydrogen) atoms. The summed E-state index contributed by atoms with van der Waals surface area (Å²) in [6, 6.07) is 12.7. The Morgan fingerprint density at radius 1 is 1.15 bits per heavy atom. The Labute approximate surface area is 133 Å². The van der Waals surface area contributed by atoms with E-state index in [1.807, 2.05) is 19.1 Å². The lowest BCUT2D eigenvalue weighted by atomic mass is 10.1. The van der Waals surface area contributed by atoms with Crippen molar-refractivity contribution in [2.24, 2.45) is 0 Å². The quantitative estimate of drug-likeness (QED) is 0.807. The largest absolute Gasteiger partial charge is 0.321 e. The van der Waals surface area contributed by atoms with Crippen molar-refractivity contribution in [1.82, 2.24) is 0 Å². The minimum atomic E-state index is -0.228. The van der Waals surface area contributed by atoms with Gasteiger partial charge in [-0.2, -0.15) is 5.26 Å². The third-order valence-electron chi connectivity index (χ3n) is 2.78. The number of benzene rings is 2. The average molecular weight is 394 g/mol. The van der Waals surface area contributed by atoms with Crippen molar-refractivity contribution in [3.8, 4) is 6.07 Å². The standard InChI is InChI=1S/C15H10Br2N2O/c1-9-6-11(16)2-4-13(9)15(20)19-14-5-3-12(17)7-10(14)8-18/h2-7H,1H3,(H,19,20). The van der Waals surface area contributed by atoms with Gasteiger partial charge in [-0.05, 0) is 48.9 Å². The molecule has 0 aliphatic rings. The molecule has 2 aromatic carbocycles. The predicted molar refractivity (Wildman–Crippen MR) is 85.7 cm³/mol. The monoisotopic (exact) mass is 392 g/mol. The van der Waals surface area contributed by atoms with Gasteiger partial charge in [-0.1, -0.05) is 31.9 Å². The summed E-state index contributed by atoms with van der Waals surface area (Å²) in [6.45, 7) is 1.87. The molecule has 0 aromatic heterocycles. The van der Waals surface area contributed by atoms with Gasteiger partial charge in [0.15, 0.2) is 0 Å². The molecule has 1 N–H and O–H groups in total. The van der Waals surface area contributed by atoms with Crippen LogP contribution in [0, 0.1) is 18.3 Å². The van der Waals surface area contributed by atoms with Crippen LogP contribution in [0.15, 0.2) is 45.3 Å². The zero-order chi connectivity index (χ0) is 14.7. The first kappa shape index (κ1) is 14.8. The minimum absolute atomic E-state index is 0.228. The van der Waals surface area contributed by atoms with Crippen molar-refractivity contribution in [3.05, 3.63) is 62.0 Å². The number of aryl methyl sites for hydroxylation is 1. The van der Waals surface area contributed by atoms with Crippen LogP contribution in [0.25, 0.3) is 0 Å². The molecule has 0 aliphatic heterocycles. The van der Waals surface area contributed by atoms with Crippen molar-refractivity contribution >= 4 is 43.5 Å². The minimum Gasteiger partial charge on any atom is -0.321 e. The van der Waals surface area contributed by atoms with Gasteiger partial charge in [0, 0.05) is 14.5 Å². The molecule has 0 aliphatic carbocycles. The van der Waals surface area contributed by atoms with Gasteiger partial charge in [-0.15, -0.1) is 0 Å². The Morgan fingerprint density at radius 2 is 1.80 bits per heavy atom. The maximum atomic E-state index is 12.3. The molecule has 1 amide bonds. The third kappa shape index (κ3) is 3.27. The number of amides is 1. The summed E-state index contributed by atoms with van der Waals surface area (Å²) in [4.78, 5) is 12.3. The number of anilines is 1. The fourth-order valence-electron chi connectivity index (χ4n) is 1.79. The summed E-state index contributed by atoms with van der Waals surface area (Å²) < 4.78 is 1.72. The Morgan fingerprint density at radius 3 is 2.45 bits per heavy atom. The number of carbonyl (C=O) groups is 1. The number of halogens is 2. The SMILES string of the molecule is Cc1cc(Br)ccc1C(=O)Nc1ccc(Br)cc1C#N. The van der Waals surface area contributed by atoms with Crippen molar-refractivity contribution in [2.75, 3.05) is 5.32 Å². The number of nitrogens with zero attached hydrogens (tertiary/aromatic N) is 1. The first-order valence-electron chi connectivity index (χ1n) is 5.78. The van der Waals surface area contributed by atoms with Crippen molar-refractivity contribution < 1.29 is 4.79 Å². The molecule has 2 rings (SSSR count). The lowest BCUT2D eigenvalue weighted by molar-refractivity contribution is 0.102. The summed E-state index contributed by atoms with van der Waals surface area (Å²) in [5.41, 5.74) is 2.37. The van der Waals surface area contributed by atoms with E-state index in [9.17, 15) is 4.79 Å². The first-order valence-corrected chi connectivity index (χ1v) is 7.37. The predicted octanol–water partition coefficient (Wildman–Crippen LogP) is 4.64. The molecule has 0 atom stereocenters. The van der Waals surface area contributed by atoms with Gasteiger partial charge in [0.05, 0.1) is 11.3 Å². The van der Waals surface area contributed by atoms with Gasteiger partial charge in [0.25, 0.3) is 5.91 Å². The van der Waals surface area contributed by atoms with E-state index < -0.39 is 0 Å². The maximum Gasteiger partial charge on any atom is 0.255 e. The first-order chi connectivity index (χ1) is 9.51. The van der Waals surface area contributed by atoms with Crippen LogP contribution in [0.5, 0.6) is 0 Å². The summed E-state index contributed by atoms with van der Waals surface area (Å²) in [5.74, 6) is -0.228. The molecule has 0 saturated carbocycles. The van der Waals surface area contributed by atoms with Crippen LogP contribution in [-0.2, 0) is 0 Å². The third-order valence-corrected chi connectivity index (χ3v) is 3.77. The normalized spacial score (nSPS) is 9.90. The molecule has 5 heteroatoms. The smallest absolute Gasteiger partial charge is 0.255 e. The van der Waals surface area contributed by atoms with Crippen LogP contribution in [0.1, 0.15) is 21.5 Å². The van der Waals surface area contributed by atoms with Gasteiger partial charge >= 0.3 is 0 Å². The highest BCUT2D eigenvalue weighted by molar-refractivity contribution is 9.10. The zero-order valence-corrected chi connectivity index (χ0v) is 13.7. The number of nitrogens with one attached hydrogen (secondary N) is 1. The van der Waals surface area contributed by atoms with E-state index in [-0.39, 0.29) is 5.91 Å². The highest BCUT2D eigenvalue weighted by Gasteiger charge is 2.12. The molecule has 0 radical (unpaired) electrons. The molecule has 0 saturated heterocycles. The molecule has 3 nitrogen and oxygen atoms in total. The Balaban J connectivity index is 2.31. The topological polar surface area (TPSA) is 52.9 Å². The molecular formula is C15H10Br2N2O. The van der Waals surface area contributed by atoms with Gasteiger partial charge in [0.1, 0.15) is 6.07 Å². The second kappa shape index (κ2) is 6.21. The number of nitriles is 1. The Bertz CT molecular complexity index is 720. The fourth-order valence-corrected chi connectivity index (χ4v) is 2.63. The summed E-state index contributed by atoms with van der Waals surface area (Å²) in [6.07, 6.45) is 0. The number of hydrogen-bond donors (Lipinski definition) is 1. The van der Waals surface area contributed by atoms with E-state index in [0.29, 0.717) is 16.8 Å². The van der Waals surface area contributed by atoms with Crippen LogP contribution >= 0.6 is 31.9 Å². The number of carbonyl (C=O) groups excluding carboxylic acids is 1. The van der Waals surface area contributed by atoms with E-state index in [0.717, 1.165) is 14.5 Å². The zero-order valence-electron chi connectivity index (χ0n) is 10.6. The molecule has 0 spiro atoms. The van der Waals surface area contributed by atoms with Crippen molar-refractivity contribution in [2.45, 2.75) is 6.92 Å². The highest BCUT2D eigenvalue weighted by atomic mass is 79.9. The second-order valence-corrected chi connectivity index (χ2v) is 6.05. The lowest BCUT2D eigenvalue weighted by Crippen LogP contribution is -2.14. The van der Waals surface area contributed by atoms with E-state index in [4.69, 9.17) is 5.26 Å². The summed E-state index contributed by atoms with van der Waals surface area (Å²) in [7, 11) is 0. The van der Waals surface area contributed by atoms with Crippen LogP contribution < -0.4 is 5.32 Å². The molecule has 2 aromatic rings. The molecule has 0 unspecified atom stereocenters. The van der Waals surface area contributed by atoms with Crippen LogP contribution in [0.3, 0.4) is 0 Å². The summed E-state index contributed by atoms with van der Waals surface area (Å²) in [5, 5.41) is 11.9. The van der Waals surface area contributed by atoms with Gasteiger partial charge < -0.3 is 5.32 Å². The Hall–Kier alpha value is -1.64. The maximum absolute atomic E-state index is 12.3. The molecule has 0 fully saturated rings.